The molecule has 225 valence electrons. The molecule has 2 atom stereocenters. The van der Waals surface area contributed by atoms with Gasteiger partial charge in [-0.25, -0.2) is 4.99 Å². The number of rotatable bonds is 3. The third-order valence-corrected chi connectivity index (χ3v) is 10.2. The van der Waals surface area contributed by atoms with Gasteiger partial charge in [0.05, 0.1) is 22.8 Å². The van der Waals surface area contributed by atoms with Gasteiger partial charge in [-0.15, -0.1) is 17.1 Å². The molecular weight excluding hydrogens is 576 g/mol. The van der Waals surface area contributed by atoms with Crippen LogP contribution in [0.4, 0.5) is 0 Å². The van der Waals surface area contributed by atoms with E-state index in [2.05, 4.69) is 112 Å². The predicted octanol–water partition coefficient (Wildman–Crippen LogP) is 9.64. The van der Waals surface area contributed by atoms with E-state index < -0.39 is 5.54 Å². The molecule has 4 aliphatic rings. The Hall–Kier alpha value is -3.40. The maximum absolute atomic E-state index is 5.55. The van der Waals surface area contributed by atoms with E-state index in [0.717, 1.165) is 52.7 Å². The summed E-state index contributed by atoms with van der Waals surface area (Å²) >= 11 is 0. The predicted molar refractivity (Wildman–Crippen MR) is 178 cm³/mol. The van der Waals surface area contributed by atoms with Crippen molar-refractivity contribution in [2.24, 2.45) is 9.98 Å². The molecule has 0 amide bonds. The van der Waals surface area contributed by atoms with Crippen molar-refractivity contribution in [3.05, 3.63) is 120 Å². The molecule has 5 heteroatoms. The second kappa shape index (κ2) is 11.3. The van der Waals surface area contributed by atoms with Gasteiger partial charge in [0.25, 0.3) is 0 Å². The average molecular weight is 618 g/mol. The smallest absolute Gasteiger partial charge is 0.675 e. The van der Waals surface area contributed by atoms with Gasteiger partial charge in [-0.05, 0) is 89.2 Å². The number of hydrogen-bond acceptors (Lipinski definition) is 2. The molecule has 4 aliphatic heterocycles. The normalized spacial score (nSPS) is 26.7. The first-order valence-corrected chi connectivity index (χ1v) is 15.3. The largest absolute Gasteiger partial charge is 2.00 e. The molecule has 0 unspecified atom stereocenters. The minimum atomic E-state index is -0.488. The zero-order valence-electron chi connectivity index (χ0n) is 27.1. The van der Waals surface area contributed by atoms with Crippen LogP contribution in [0, 0.1) is 13.8 Å². The van der Waals surface area contributed by atoms with Gasteiger partial charge in [-0.3, -0.25) is 4.99 Å². The van der Waals surface area contributed by atoms with Crippen molar-refractivity contribution in [3.63, 3.8) is 0 Å². The van der Waals surface area contributed by atoms with Crippen LogP contribution < -0.4 is 4.98 Å². The standard InChI is InChI=1S/C38H42N4.Cu/c1-11-28-24(7)31-17-30-21(4)22(5)37(41-30)36(27-15-13-20(3)14-16-27)38(10)26(9)23(6)33(42-38)18-32-25(8)29(12-2)35(40-32)19-34(28)39-31;/h13-19,36H,11-12H2,1-10H3;/q-2;+2/b30-17-,33-18-,35-19-;/t36-,38-;/m1./s1. The van der Waals surface area contributed by atoms with Crippen molar-refractivity contribution >= 4 is 23.6 Å². The topological polar surface area (TPSA) is 52.9 Å². The summed E-state index contributed by atoms with van der Waals surface area (Å²) in [7, 11) is 0. The van der Waals surface area contributed by atoms with Gasteiger partial charge in [-0.1, -0.05) is 96.6 Å². The summed E-state index contributed by atoms with van der Waals surface area (Å²) < 4.78 is 0. The Bertz CT molecular complexity index is 1780. The van der Waals surface area contributed by atoms with Crippen molar-refractivity contribution in [1.29, 1.82) is 0 Å². The molecule has 0 saturated heterocycles. The van der Waals surface area contributed by atoms with Crippen LogP contribution in [0.2, 0.25) is 0 Å². The third kappa shape index (κ3) is 4.82. The molecule has 0 saturated carbocycles. The zero-order valence-corrected chi connectivity index (χ0v) is 28.1. The molecule has 4 nitrogen and oxygen atoms in total. The molecule has 1 radical (unpaired) electrons. The van der Waals surface area contributed by atoms with Crippen LogP contribution in [-0.4, -0.2) is 17.0 Å². The van der Waals surface area contributed by atoms with Gasteiger partial charge < -0.3 is 10.3 Å². The van der Waals surface area contributed by atoms with Gasteiger partial charge in [-0.2, -0.15) is 0 Å². The number of fused-ring (bicyclic) bond motifs is 6. The van der Waals surface area contributed by atoms with E-state index in [1.165, 1.54) is 55.7 Å². The van der Waals surface area contributed by atoms with Crippen LogP contribution in [0.5, 0.6) is 0 Å². The average Bonchev–Trinajstić information content (AvgIpc) is 3.59. The minimum Gasteiger partial charge on any atom is -0.675 e. The second-order valence-electron chi connectivity index (χ2n) is 12.5. The van der Waals surface area contributed by atoms with Crippen molar-refractivity contribution < 1.29 is 17.1 Å². The molecule has 1 aromatic carbocycles. The molecular formula is C38H42CuN4. The summed E-state index contributed by atoms with van der Waals surface area (Å²) in [6, 6.07) is 8.94. The van der Waals surface area contributed by atoms with Gasteiger partial charge in [0.1, 0.15) is 0 Å². The first kappa shape index (κ1) is 31.0. The second-order valence-corrected chi connectivity index (χ2v) is 12.5. The quantitative estimate of drug-likeness (QED) is 0.316. The van der Waals surface area contributed by atoms with E-state index in [0.29, 0.717) is 0 Å². The van der Waals surface area contributed by atoms with Crippen LogP contribution >= 0.6 is 0 Å². The molecule has 8 bridgehead atoms. The molecule has 0 fully saturated rings. The fourth-order valence-electron chi connectivity index (χ4n) is 7.08. The van der Waals surface area contributed by atoms with Crippen LogP contribution in [0.1, 0.15) is 101 Å². The van der Waals surface area contributed by atoms with Gasteiger partial charge in [0.15, 0.2) is 0 Å². The van der Waals surface area contributed by atoms with E-state index in [4.69, 9.17) is 20.3 Å². The zero-order chi connectivity index (χ0) is 30.1. The number of hydrogen-bond donors (Lipinski definition) is 0. The van der Waals surface area contributed by atoms with Crippen LogP contribution in [0.25, 0.3) is 17.5 Å². The van der Waals surface area contributed by atoms with E-state index in [1.54, 1.807) is 0 Å². The van der Waals surface area contributed by atoms with Crippen LogP contribution in [-0.2, 0) is 23.5 Å². The molecule has 43 heavy (non-hydrogen) atoms. The maximum Gasteiger partial charge on any atom is 2.00 e. The van der Waals surface area contributed by atoms with Crippen molar-refractivity contribution in [2.45, 2.75) is 93.5 Å². The summed E-state index contributed by atoms with van der Waals surface area (Å²) in [6.07, 6.45) is 8.44. The Morgan fingerprint density at radius 1 is 0.744 bits per heavy atom. The summed E-state index contributed by atoms with van der Waals surface area (Å²) in [5.41, 5.74) is 19.1. The number of aryl methyl sites for hydroxylation is 1. The first-order chi connectivity index (χ1) is 20.0. The number of benzene rings is 1. The van der Waals surface area contributed by atoms with Crippen molar-refractivity contribution in [2.75, 3.05) is 0 Å². The summed E-state index contributed by atoms with van der Waals surface area (Å²) in [4.78, 5) is 15.8. The van der Waals surface area contributed by atoms with Gasteiger partial charge in [0, 0.05) is 5.92 Å². The van der Waals surface area contributed by atoms with Crippen molar-refractivity contribution in [1.82, 2.24) is 4.98 Å². The number of aromatic nitrogens is 1. The maximum atomic E-state index is 5.55. The Balaban J connectivity index is 0.00000368. The summed E-state index contributed by atoms with van der Waals surface area (Å²) in [6.45, 7) is 22.1. The minimum absolute atomic E-state index is 0. The number of aliphatic imine (C=N–C) groups is 2. The fraction of sp³-hybridized carbons (Fsp3) is 0.368. The monoisotopic (exact) mass is 617 g/mol. The molecule has 0 spiro atoms. The van der Waals surface area contributed by atoms with Gasteiger partial charge >= 0.3 is 17.1 Å². The van der Waals surface area contributed by atoms with Gasteiger partial charge in [0.2, 0.25) is 0 Å². The Morgan fingerprint density at radius 3 is 2.07 bits per heavy atom. The van der Waals surface area contributed by atoms with Crippen LogP contribution in [0.3, 0.4) is 0 Å². The van der Waals surface area contributed by atoms with E-state index in [9.17, 15) is 0 Å². The first-order valence-electron chi connectivity index (χ1n) is 15.3. The van der Waals surface area contributed by atoms with Crippen molar-refractivity contribution in [3.8, 4) is 0 Å². The fourth-order valence-corrected chi connectivity index (χ4v) is 7.08. The Morgan fingerprint density at radius 2 is 1.42 bits per heavy atom. The molecule has 6 rings (SSSR count). The number of allylic oxidation sites excluding steroid dienone is 6. The molecule has 1 aromatic heterocycles. The van der Waals surface area contributed by atoms with Crippen LogP contribution in [0.15, 0.2) is 90.9 Å². The SMILES string of the molecule is CCC1=C(C)C2=NC/1=C\c1[n-]c(c(C)c1CC)/C=C1\N=C(C(C)=C1C)[C@@H](c1ccc(C)cc1)[C@]1(C)[N-]/C(=C\2)C(C)=C1C.[Cu+2]. The van der Waals surface area contributed by atoms with E-state index in [-0.39, 0.29) is 23.0 Å². The molecule has 0 aliphatic carbocycles. The summed E-state index contributed by atoms with van der Waals surface area (Å²) in [5, 5.41) is 5.55. The molecule has 0 N–H and O–H groups in total. The Labute approximate surface area is 268 Å². The third-order valence-electron chi connectivity index (χ3n) is 10.2. The number of nitrogens with zero attached hydrogens (tertiary/aromatic N) is 4. The molecule has 5 heterocycles. The van der Waals surface area contributed by atoms with E-state index in [1.807, 2.05) is 0 Å². The Kier molecular flexibility index (Phi) is 8.13. The summed E-state index contributed by atoms with van der Waals surface area (Å²) in [5.74, 6) is -0.0352. The molecule has 2 aromatic rings. The van der Waals surface area contributed by atoms with E-state index >= 15 is 0 Å².